The Morgan fingerprint density at radius 2 is 2.00 bits per heavy atom. The molecule has 0 bridgehead atoms. The van der Waals surface area contributed by atoms with Gasteiger partial charge >= 0.3 is 0 Å². The van der Waals surface area contributed by atoms with Crippen molar-refractivity contribution in [3.8, 4) is 0 Å². The standard InChI is InChI=1S/C13H16/c1-10-4-2-5-12-11(10)6-9-13(12)7-3-8-13/h2,4-5H,3,6-9H2,1H3. The molecule has 1 spiro atoms. The molecule has 0 heteroatoms. The molecule has 0 saturated heterocycles. The molecule has 68 valence electrons. The maximum absolute atomic E-state index is 2.37. The van der Waals surface area contributed by atoms with Crippen LogP contribution in [0.25, 0.3) is 0 Å². The minimum Gasteiger partial charge on any atom is -0.0617 e. The maximum Gasteiger partial charge on any atom is -0.00410 e. The molecule has 0 aromatic heterocycles. The molecule has 1 saturated carbocycles. The van der Waals surface area contributed by atoms with Gasteiger partial charge in [0, 0.05) is 0 Å². The van der Waals surface area contributed by atoms with E-state index in [9.17, 15) is 0 Å². The Balaban J connectivity index is 2.16. The van der Waals surface area contributed by atoms with Crippen molar-refractivity contribution < 1.29 is 0 Å². The first kappa shape index (κ1) is 7.61. The molecule has 0 N–H and O–H groups in total. The zero-order chi connectivity index (χ0) is 8.89. The molecular formula is C13H16. The lowest BCUT2D eigenvalue weighted by Crippen LogP contribution is -2.31. The Morgan fingerprint density at radius 3 is 2.69 bits per heavy atom. The Kier molecular flexibility index (Phi) is 1.39. The second-order valence-electron chi connectivity index (χ2n) is 4.73. The lowest BCUT2D eigenvalue weighted by atomic mass is 9.65. The second-order valence-corrected chi connectivity index (χ2v) is 4.73. The van der Waals surface area contributed by atoms with Crippen LogP contribution in [0.15, 0.2) is 18.2 Å². The van der Waals surface area contributed by atoms with Crippen molar-refractivity contribution in [2.45, 2.75) is 44.4 Å². The molecule has 0 heterocycles. The van der Waals surface area contributed by atoms with E-state index >= 15 is 0 Å². The average Bonchev–Trinajstić information content (AvgIpc) is 2.44. The van der Waals surface area contributed by atoms with E-state index < -0.39 is 0 Å². The van der Waals surface area contributed by atoms with Crippen molar-refractivity contribution >= 4 is 0 Å². The van der Waals surface area contributed by atoms with Crippen molar-refractivity contribution in [2.24, 2.45) is 0 Å². The summed E-state index contributed by atoms with van der Waals surface area (Å²) >= 11 is 0. The monoisotopic (exact) mass is 172 g/mol. The summed E-state index contributed by atoms with van der Waals surface area (Å²) in [6, 6.07) is 6.87. The predicted octanol–water partition coefficient (Wildman–Crippen LogP) is 3.36. The Labute approximate surface area is 80.0 Å². The number of hydrogen-bond acceptors (Lipinski definition) is 0. The molecule has 3 rings (SSSR count). The van der Waals surface area contributed by atoms with E-state index in [1.807, 2.05) is 0 Å². The normalized spacial score (nSPS) is 22.8. The molecule has 0 atom stereocenters. The van der Waals surface area contributed by atoms with Gasteiger partial charge in [0.25, 0.3) is 0 Å². The van der Waals surface area contributed by atoms with Gasteiger partial charge in [0.15, 0.2) is 0 Å². The fourth-order valence-electron chi connectivity index (χ4n) is 3.15. The van der Waals surface area contributed by atoms with Crippen LogP contribution in [0.5, 0.6) is 0 Å². The van der Waals surface area contributed by atoms with Crippen LogP contribution in [0, 0.1) is 6.92 Å². The molecule has 0 radical (unpaired) electrons. The van der Waals surface area contributed by atoms with Gasteiger partial charge in [0.2, 0.25) is 0 Å². The summed E-state index contributed by atoms with van der Waals surface area (Å²) in [6.45, 7) is 2.26. The van der Waals surface area contributed by atoms with Gasteiger partial charge in [0.05, 0.1) is 0 Å². The zero-order valence-corrected chi connectivity index (χ0v) is 8.27. The molecule has 0 unspecified atom stereocenters. The third-order valence-corrected chi connectivity index (χ3v) is 4.15. The van der Waals surface area contributed by atoms with Crippen molar-refractivity contribution in [1.29, 1.82) is 0 Å². The van der Waals surface area contributed by atoms with Crippen LogP contribution in [0.2, 0.25) is 0 Å². The fourth-order valence-corrected chi connectivity index (χ4v) is 3.15. The first-order valence-electron chi connectivity index (χ1n) is 5.41. The average molecular weight is 172 g/mol. The van der Waals surface area contributed by atoms with Crippen LogP contribution in [0.4, 0.5) is 0 Å². The summed E-state index contributed by atoms with van der Waals surface area (Å²) in [5.41, 5.74) is 5.52. The lowest BCUT2D eigenvalue weighted by Gasteiger charge is -2.39. The molecule has 1 aromatic rings. The van der Waals surface area contributed by atoms with Crippen molar-refractivity contribution in [3.63, 3.8) is 0 Å². The van der Waals surface area contributed by atoms with E-state index in [-0.39, 0.29) is 0 Å². The molecule has 1 aromatic carbocycles. The number of fused-ring (bicyclic) bond motifs is 2. The van der Waals surface area contributed by atoms with Gasteiger partial charge in [0.1, 0.15) is 0 Å². The lowest BCUT2D eigenvalue weighted by molar-refractivity contribution is 0.244. The molecule has 0 amide bonds. The summed E-state index contributed by atoms with van der Waals surface area (Å²) in [4.78, 5) is 0. The molecule has 13 heavy (non-hydrogen) atoms. The van der Waals surface area contributed by atoms with Gasteiger partial charge in [-0.25, -0.2) is 0 Å². The van der Waals surface area contributed by atoms with Gasteiger partial charge in [-0.15, -0.1) is 0 Å². The number of benzene rings is 1. The highest BCUT2D eigenvalue weighted by atomic mass is 14.5. The van der Waals surface area contributed by atoms with Gasteiger partial charge in [-0.3, -0.25) is 0 Å². The SMILES string of the molecule is Cc1cccc2c1CCC21CCC1. The smallest absolute Gasteiger partial charge is 0.00410 e. The molecule has 2 aliphatic rings. The van der Waals surface area contributed by atoms with E-state index in [0.29, 0.717) is 5.41 Å². The van der Waals surface area contributed by atoms with Crippen LogP contribution in [0.3, 0.4) is 0 Å². The molecule has 0 aliphatic heterocycles. The summed E-state index contributed by atoms with van der Waals surface area (Å²) in [7, 11) is 0. The summed E-state index contributed by atoms with van der Waals surface area (Å²) < 4.78 is 0. The van der Waals surface area contributed by atoms with Crippen LogP contribution < -0.4 is 0 Å². The first-order chi connectivity index (χ1) is 6.32. The minimum atomic E-state index is 0.640. The van der Waals surface area contributed by atoms with Crippen LogP contribution in [0.1, 0.15) is 42.4 Å². The Bertz CT molecular complexity index is 345. The summed E-state index contributed by atoms with van der Waals surface area (Å²) in [6.07, 6.45) is 7.11. The third-order valence-electron chi connectivity index (χ3n) is 4.15. The van der Waals surface area contributed by atoms with Crippen molar-refractivity contribution in [1.82, 2.24) is 0 Å². The number of hydrogen-bond donors (Lipinski definition) is 0. The highest BCUT2D eigenvalue weighted by Crippen LogP contribution is 2.52. The maximum atomic E-state index is 2.37. The second kappa shape index (κ2) is 2.37. The number of rotatable bonds is 0. The van der Waals surface area contributed by atoms with Crippen molar-refractivity contribution in [2.75, 3.05) is 0 Å². The molecule has 2 aliphatic carbocycles. The third kappa shape index (κ3) is 0.864. The van der Waals surface area contributed by atoms with E-state index in [1.165, 1.54) is 37.7 Å². The molecular weight excluding hydrogens is 156 g/mol. The number of aryl methyl sites for hydroxylation is 1. The topological polar surface area (TPSA) is 0 Å². The summed E-state index contributed by atoms with van der Waals surface area (Å²) in [5.74, 6) is 0. The Hall–Kier alpha value is -0.780. The first-order valence-corrected chi connectivity index (χ1v) is 5.41. The largest absolute Gasteiger partial charge is 0.0617 e. The van der Waals surface area contributed by atoms with Gasteiger partial charge < -0.3 is 0 Å². The molecule has 0 nitrogen and oxygen atoms in total. The van der Waals surface area contributed by atoms with Crippen LogP contribution in [-0.4, -0.2) is 0 Å². The van der Waals surface area contributed by atoms with Gasteiger partial charge in [-0.05, 0) is 54.7 Å². The highest BCUT2D eigenvalue weighted by molar-refractivity contribution is 5.45. The minimum absolute atomic E-state index is 0.640. The van der Waals surface area contributed by atoms with Crippen molar-refractivity contribution in [3.05, 3.63) is 34.9 Å². The van der Waals surface area contributed by atoms with Crippen LogP contribution >= 0.6 is 0 Å². The van der Waals surface area contributed by atoms with Gasteiger partial charge in [-0.1, -0.05) is 24.6 Å². The molecule has 1 fully saturated rings. The fraction of sp³-hybridized carbons (Fsp3) is 0.538. The van der Waals surface area contributed by atoms with Gasteiger partial charge in [-0.2, -0.15) is 0 Å². The Morgan fingerprint density at radius 1 is 1.15 bits per heavy atom. The highest BCUT2D eigenvalue weighted by Gasteiger charge is 2.43. The zero-order valence-electron chi connectivity index (χ0n) is 8.27. The van der Waals surface area contributed by atoms with E-state index in [4.69, 9.17) is 0 Å². The summed E-state index contributed by atoms with van der Waals surface area (Å²) in [5, 5.41) is 0. The predicted molar refractivity (Wildman–Crippen MR) is 55.0 cm³/mol. The van der Waals surface area contributed by atoms with Crippen LogP contribution in [-0.2, 0) is 11.8 Å². The van der Waals surface area contributed by atoms with E-state index in [1.54, 1.807) is 11.1 Å². The quantitative estimate of drug-likeness (QED) is 0.563. The van der Waals surface area contributed by atoms with E-state index in [0.717, 1.165) is 0 Å². The van der Waals surface area contributed by atoms with E-state index in [2.05, 4.69) is 25.1 Å².